The average molecular weight is 497 g/mol. The summed E-state index contributed by atoms with van der Waals surface area (Å²) >= 11 is 17.7. The van der Waals surface area contributed by atoms with Crippen LogP contribution in [0.25, 0.3) is 0 Å². The van der Waals surface area contributed by atoms with E-state index in [9.17, 15) is 13.2 Å². The van der Waals surface area contributed by atoms with Crippen LogP contribution < -0.4 is 10.1 Å². The molecule has 160 valence electrons. The molecule has 1 amide bonds. The zero-order valence-electron chi connectivity index (χ0n) is 16.1. The molecule has 3 aromatic carbocycles. The van der Waals surface area contributed by atoms with Crippen LogP contribution in [-0.4, -0.2) is 20.0 Å². The van der Waals surface area contributed by atoms with Crippen molar-refractivity contribution in [3.63, 3.8) is 0 Å². The highest BCUT2D eigenvalue weighted by Gasteiger charge is 2.14. The van der Waals surface area contributed by atoms with Crippen LogP contribution in [-0.2, 0) is 10.0 Å². The number of hydrogen-bond donors (Lipinski definition) is 2. The molecule has 0 unspecified atom stereocenters. The Balaban J connectivity index is 1.75. The van der Waals surface area contributed by atoms with Crippen molar-refractivity contribution in [1.82, 2.24) is 4.83 Å². The summed E-state index contributed by atoms with van der Waals surface area (Å²) in [6.45, 7) is 1.64. The van der Waals surface area contributed by atoms with Gasteiger partial charge in [-0.3, -0.25) is 4.79 Å². The third-order valence-electron chi connectivity index (χ3n) is 4.17. The van der Waals surface area contributed by atoms with E-state index < -0.39 is 15.9 Å². The number of hydrogen-bond acceptors (Lipinski definition) is 4. The van der Waals surface area contributed by atoms with Crippen LogP contribution in [0.2, 0.25) is 15.1 Å². The van der Waals surface area contributed by atoms with Crippen molar-refractivity contribution in [1.29, 1.82) is 0 Å². The molecule has 10 heteroatoms. The molecule has 0 aromatic heterocycles. The Hall–Kier alpha value is -2.58. The number of halogens is 3. The minimum Gasteiger partial charge on any atom is -0.322 e. The van der Waals surface area contributed by atoms with Crippen LogP contribution in [0.1, 0.15) is 22.8 Å². The maximum absolute atomic E-state index is 12.5. The Morgan fingerprint density at radius 3 is 2.26 bits per heavy atom. The predicted molar refractivity (Wildman–Crippen MR) is 125 cm³/mol. The number of anilines is 1. The molecular formula is C21H16Cl3N3O3S. The standard InChI is InChI=1S/C21H16Cl3N3O3S/c1-13(26-27-31(29,30)18-8-5-15(22)6-9-18)14-3-2-4-17(11-14)25-21(28)19-10-7-16(23)12-20(19)24/h2-12,27H,1H3,(H,25,28)/b26-13+. The van der Waals surface area contributed by atoms with Gasteiger partial charge in [-0.05, 0) is 67.1 Å². The largest absolute Gasteiger partial charge is 0.322 e. The number of amides is 1. The summed E-state index contributed by atoms with van der Waals surface area (Å²) in [5.41, 5.74) is 1.78. The lowest BCUT2D eigenvalue weighted by Crippen LogP contribution is -2.20. The summed E-state index contributed by atoms with van der Waals surface area (Å²) in [4.78, 5) is 14.7. The normalized spacial score (nSPS) is 11.8. The lowest BCUT2D eigenvalue weighted by molar-refractivity contribution is 0.102. The highest BCUT2D eigenvalue weighted by atomic mass is 35.5. The van der Waals surface area contributed by atoms with Gasteiger partial charge in [0.05, 0.1) is 21.2 Å². The molecule has 0 radical (unpaired) electrons. The topological polar surface area (TPSA) is 87.6 Å². The highest BCUT2D eigenvalue weighted by molar-refractivity contribution is 7.89. The lowest BCUT2D eigenvalue weighted by atomic mass is 10.1. The Morgan fingerprint density at radius 1 is 0.903 bits per heavy atom. The molecular weight excluding hydrogens is 481 g/mol. The number of nitrogens with zero attached hydrogens (tertiary/aromatic N) is 1. The zero-order chi connectivity index (χ0) is 22.6. The Morgan fingerprint density at radius 2 is 1.58 bits per heavy atom. The van der Waals surface area contributed by atoms with Crippen molar-refractivity contribution in [3.8, 4) is 0 Å². The fourth-order valence-electron chi connectivity index (χ4n) is 2.55. The van der Waals surface area contributed by atoms with Gasteiger partial charge >= 0.3 is 0 Å². The van der Waals surface area contributed by atoms with Crippen LogP contribution in [0.15, 0.2) is 76.7 Å². The van der Waals surface area contributed by atoms with Gasteiger partial charge in [0.1, 0.15) is 0 Å². The monoisotopic (exact) mass is 495 g/mol. The second kappa shape index (κ2) is 9.70. The van der Waals surface area contributed by atoms with Gasteiger partial charge in [0.25, 0.3) is 15.9 Å². The SMILES string of the molecule is C/C(=N\NS(=O)(=O)c1ccc(Cl)cc1)c1cccc(NC(=O)c2ccc(Cl)cc2Cl)c1. The third-order valence-corrected chi connectivity index (χ3v) is 6.20. The van der Waals surface area contributed by atoms with Gasteiger partial charge in [0, 0.05) is 15.7 Å². The molecule has 0 saturated carbocycles. The number of rotatable bonds is 6. The molecule has 0 saturated heterocycles. The molecule has 31 heavy (non-hydrogen) atoms. The molecule has 0 aliphatic heterocycles. The number of nitrogens with one attached hydrogen (secondary N) is 2. The van der Waals surface area contributed by atoms with E-state index in [2.05, 4.69) is 15.2 Å². The molecule has 0 fully saturated rings. The molecule has 3 rings (SSSR count). The van der Waals surface area contributed by atoms with Crippen molar-refractivity contribution in [2.45, 2.75) is 11.8 Å². The van der Waals surface area contributed by atoms with E-state index in [0.29, 0.717) is 27.0 Å². The third kappa shape index (κ3) is 5.98. The molecule has 6 nitrogen and oxygen atoms in total. The molecule has 2 N–H and O–H groups in total. The van der Waals surface area contributed by atoms with Crippen molar-refractivity contribution >= 4 is 62.1 Å². The molecule has 0 aliphatic carbocycles. The van der Waals surface area contributed by atoms with Gasteiger partial charge < -0.3 is 5.32 Å². The predicted octanol–water partition coefficient (Wildman–Crippen LogP) is 5.60. The maximum Gasteiger partial charge on any atom is 0.276 e. The van der Waals surface area contributed by atoms with E-state index in [0.717, 1.165) is 0 Å². The summed E-state index contributed by atoms with van der Waals surface area (Å²) in [6, 6.07) is 17.1. The summed E-state index contributed by atoms with van der Waals surface area (Å²) < 4.78 is 24.7. The zero-order valence-corrected chi connectivity index (χ0v) is 19.1. The molecule has 0 bridgehead atoms. The first-order valence-corrected chi connectivity index (χ1v) is 11.5. The number of carbonyl (C=O) groups excluding carboxylic acids is 1. The van der Waals surface area contributed by atoms with Gasteiger partial charge in [0.15, 0.2) is 0 Å². The molecule has 0 spiro atoms. The summed E-state index contributed by atoms with van der Waals surface area (Å²) in [5.74, 6) is -0.406. The Bertz CT molecular complexity index is 1260. The van der Waals surface area contributed by atoms with E-state index in [-0.39, 0.29) is 15.5 Å². The van der Waals surface area contributed by atoms with E-state index in [1.807, 2.05) is 0 Å². The first-order chi connectivity index (χ1) is 14.7. The van der Waals surface area contributed by atoms with E-state index in [4.69, 9.17) is 34.8 Å². The minimum atomic E-state index is -3.84. The fourth-order valence-corrected chi connectivity index (χ4v) is 4.03. The second-order valence-corrected chi connectivity index (χ2v) is 9.35. The van der Waals surface area contributed by atoms with Crippen LogP contribution in [0, 0.1) is 0 Å². The van der Waals surface area contributed by atoms with E-state index in [1.165, 1.54) is 36.4 Å². The first kappa shape index (κ1) is 23.1. The van der Waals surface area contributed by atoms with Crippen LogP contribution in [0.5, 0.6) is 0 Å². The van der Waals surface area contributed by atoms with Gasteiger partial charge in [-0.2, -0.15) is 18.4 Å². The molecule has 3 aromatic rings. The molecule has 0 aliphatic rings. The summed E-state index contributed by atoms with van der Waals surface area (Å²) in [7, 11) is -3.84. The van der Waals surface area contributed by atoms with Crippen LogP contribution in [0.4, 0.5) is 5.69 Å². The second-order valence-electron chi connectivity index (χ2n) is 6.40. The highest BCUT2D eigenvalue weighted by Crippen LogP contribution is 2.22. The minimum absolute atomic E-state index is 0.0364. The average Bonchev–Trinajstić information content (AvgIpc) is 2.72. The van der Waals surface area contributed by atoms with Crippen molar-refractivity contribution in [3.05, 3.63) is 92.9 Å². The van der Waals surface area contributed by atoms with Gasteiger partial charge in [-0.25, -0.2) is 0 Å². The molecule has 0 heterocycles. The molecule has 0 atom stereocenters. The van der Waals surface area contributed by atoms with Gasteiger partial charge in [0.2, 0.25) is 0 Å². The Kier molecular flexibility index (Phi) is 7.23. The van der Waals surface area contributed by atoms with Crippen molar-refractivity contribution in [2.24, 2.45) is 5.10 Å². The fraction of sp³-hybridized carbons (Fsp3) is 0.0476. The van der Waals surface area contributed by atoms with Crippen LogP contribution >= 0.6 is 34.8 Å². The lowest BCUT2D eigenvalue weighted by Gasteiger charge is -2.09. The van der Waals surface area contributed by atoms with Crippen molar-refractivity contribution in [2.75, 3.05) is 5.32 Å². The van der Waals surface area contributed by atoms with E-state index in [1.54, 1.807) is 37.3 Å². The summed E-state index contributed by atoms with van der Waals surface area (Å²) in [5, 5.41) is 7.80. The van der Waals surface area contributed by atoms with E-state index >= 15 is 0 Å². The quantitative estimate of drug-likeness (QED) is 0.344. The maximum atomic E-state index is 12.5. The summed E-state index contributed by atoms with van der Waals surface area (Å²) in [6.07, 6.45) is 0. The van der Waals surface area contributed by atoms with Gasteiger partial charge in [-0.1, -0.05) is 46.9 Å². The first-order valence-electron chi connectivity index (χ1n) is 8.84. The number of carbonyl (C=O) groups is 1. The number of hydrazone groups is 1. The number of benzene rings is 3. The van der Waals surface area contributed by atoms with Crippen LogP contribution in [0.3, 0.4) is 0 Å². The van der Waals surface area contributed by atoms with Crippen molar-refractivity contribution < 1.29 is 13.2 Å². The number of sulfonamides is 1. The smallest absolute Gasteiger partial charge is 0.276 e. The van der Waals surface area contributed by atoms with Gasteiger partial charge in [-0.15, -0.1) is 0 Å². The Labute approximate surface area is 194 Å².